The lowest BCUT2D eigenvalue weighted by molar-refractivity contribution is 0.0924. The number of nitrogens with one attached hydrogen (secondary N) is 1. The molecule has 29 heavy (non-hydrogen) atoms. The summed E-state index contributed by atoms with van der Waals surface area (Å²) in [7, 11) is 1.79. The van der Waals surface area contributed by atoms with E-state index in [0.717, 1.165) is 29.7 Å². The number of carbonyl (C=O) groups excluding carboxylic acids is 1. The first kappa shape index (κ1) is 21.4. The van der Waals surface area contributed by atoms with E-state index < -0.39 is 0 Å². The zero-order chi connectivity index (χ0) is 21.0. The van der Waals surface area contributed by atoms with E-state index in [2.05, 4.69) is 10.4 Å². The maximum Gasteiger partial charge on any atom is 0.269 e. The van der Waals surface area contributed by atoms with Crippen LogP contribution in [0.1, 0.15) is 47.1 Å². The fourth-order valence-electron chi connectivity index (χ4n) is 3.46. The molecule has 0 aliphatic heterocycles. The van der Waals surface area contributed by atoms with Crippen molar-refractivity contribution in [1.82, 2.24) is 15.1 Å². The van der Waals surface area contributed by atoms with Gasteiger partial charge in [0.15, 0.2) is 0 Å². The van der Waals surface area contributed by atoms with Crippen molar-refractivity contribution in [3.05, 3.63) is 87.2 Å². The van der Waals surface area contributed by atoms with Crippen LogP contribution in [0.25, 0.3) is 0 Å². The van der Waals surface area contributed by atoms with Crippen molar-refractivity contribution in [2.75, 3.05) is 0 Å². The quantitative estimate of drug-likeness (QED) is 0.543. The van der Waals surface area contributed by atoms with Crippen LogP contribution in [0, 0.1) is 0 Å². The van der Waals surface area contributed by atoms with Gasteiger partial charge in [-0.2, -0.15) is 5.10 Å². The second-order valence-corrected chi connectivity index (χ2v) is 8.12. The first-order valence-corrected chi connectivity index (χ1v) is 10.5. The highest BCUT2D eigenvalue weighted by atomic mass is 35.5. The van der Waals surface area contributed by atoms with Gasteiger partial charge in [-0.1, -0.05) is 54.4 Å². The molecule has 3 rings (SSSR count). The first-order valence-electron chi connectivity index (χ1n) is 9.71. The number of benzene rings is 2. The number of hydrogen-bond donors (Lipinski definition) is 1. The minimum absolute atomic E-state index is 0.0799. The molecular weight excluding hydrogens is 405 g/mol. The molecule has 1 aromatic heterocycles. The molecule has 3 aromatic rings. The van der Waals surface area contributed by atoms with E-state index in [0.29, 0.717) is 15.7 Å². The molecule has 0 aliphatic rings. The average Bonchev–Trinajstić information content (AvgIpc) is 3.09. The van der Waals surface area contributed by atoms with Gasteiger partial charge in [0.2, 0.25) is 0 Å². The smallest absolute Gasteiger partial charge is 0.269 e. The summed E-state index contributed by atoms with van der Waals surface area (Å²) in [5.74, 6) is -0.0430. The van der Waals surface area contributed by atoms with Crippen molar-refractivity contribution < 1.29 is 4.79 Å². The largest absolute Gasteiger partial charge is 0.348 e. The first-order chi connectivity index (χ1) is 13.9. The van der Waals surface area contributed by atoms with Crippen LogP contribution in [0.4, 0.5) is 0 Å². The molecule has 1 amide bonds. The van der Waals surface area contributed by atoms with E-state index in [1.54, 1.807) is 11.7 Å². The number of amides is 1. The van der Waals surface area contributed by atoms with Gasteiger partial charge in [0, 0.05) is 29.1 Å². The predicted octanol–water partition coefficient (Wildman–Crippen LogP) is 5.43. The third-order valence-corrected chi connectivity index (χ3v) is 5.66. The van der Waals surface area contributed by atoms with Crippen LogP contribution in [-0.2, 0) is 19.9 Å². The van der Waals surface area contributed by atoms with Crippen LogP contribution in [0.5, 0.6) is 0 Å². The Hall–Kier alpha value is -2.30. The minimum Gasteiger partial charge on any atom is -0.348 e. The van der Waals surface area contributed by atoms with Gasteiger partial charge in [-0.25, -0.2) is 0 Å². The summed E-state index contributed by atoms with van der Waals surface area (Å²) in [6.45, 7) is 4.06. The van der Waals surface area contributed by atoms with Crippen molar-refractivity contribution >= 4 is 29.1 Å². The molecule has 0 saturated heterocycles. The van der Waals surface area contributed by atoms with Crippen LogP contribution in [0.3, 0.4) is 0 Å². The van der Waals surface area contributed by atoms with E-state index in [-0.39, 0.29) is 17.9 Å². The lowest BCUT2D eigenvalue weighted by Gasteiger charge is -2.26. The summed E-state index contributed by atoms with van der Waals surface area (Å²) in [4.78, 5) is 12.9. The average molecular weight is 430 g/mol. The lowest BCUT2D eigenvalue weighted by Crippen LogP contribution is -2.38. The Bertz CT molecular complexity index is 965. The minimum atomic E-state index is -0.123. The van der Waals surface area contributed by atoms with Crippen molar-refractivity contribution in [1.29, 1.82) is 0 Å². The van der Waals surface area contributed by atoms with Gasteiger partial charge < -0.3 is 5.32 Å². The SMILES string of the molecule is CCc1cc(C(=O)NC(C)C(Cc2ccc(Cl)cc2)c2ccc(Cl)cc2)n(C)n1. The van der Waals surface area contributed by atoms with Crippen LogP contribution in [-0.4, -0.2) is 21.7 Å². The third kappa shape index (κ3) is 5.40. The lowest BCUT2D eigenvalue weighted by atomic mass is 9.86. The Kier molecular flexibility index (Phi) is 6.99. The number of aromatic nitrogens is 2. The molecule has 0 fully saturated rings. The molecule has 1 N–H and O–H groups in total. The molecule has 6 heteroatoms. The summed E-state index contributed by atoms with van der Waals surface area (Å²) in [6.07, 6.45) is 1.56. The molecule has 0 spiro atoms. The van der Waals surface area contributed by atoms with E-state index >= 15 is 0 Å². The van der Waals surface area contributed by atoms with E-state index in [9.17, 15) is 4.79 Å². The topological polar surface area (TPSA) is 46.9 Å². The van der Waals surface area contributed by atoms with Crippen LogP contribution >= 0.6 is 23.2 Å². The van der Waals surface area contributed by atoms with E-state index in [1.165, 1.54) is 0 Å². The summed E-state index contributed by atoms with van der Waals surface area (Å²) >= 11 is 12.1. The Labute approximate surface area is 181 Å². The van der Waals surface area contributed by atoms with Gasteiger partial charge in [-0.15, -0.1) is 0 Å². The highest BCUT2D eigenvalue weighted by molar-refractivity contribution is 6.30. The Morgan fingerprint density at radius 2 is 1.66 bits per heavy atom. The molecular formula is C23H25Cl2N3O. The monoisotopic (exact) mass is 429 g/mol. The molecule has 0 bridgehead atoms. The highest BCUT2D eigenvalue weighted by Gasteiger charge is 2.23. The van der Waals surface area contributed by atoms with Gasteiger partial charge in [0.25, 0.3) is 5.91 Å². The van der Waals surface area contributed by atoms with E-state index in [1.807, 2.05) is 68.4 Å². The summed E-state index contributed by atoms with van der Waals surface area (Å²) in [5, 5.41) is 8.94. The zero-order valence-electron chi connectivity index (χ0n) is 16.8. The summed E-state index contributed by atoms with van der Waals surface area (Å²) in [5.41, 5.74) is 3.75. The van der Waals surface area contributed by atoms with Crippen molar-refractivity contribution in [2.45, 2.75) is 38.6 Å². The standard InChI is InChI=1S/C23H25Cl2N3O/c1-4-20-14-22(28(3)27-20)23(29)26-15(2)21(17-7-11-19(25)12-8-17)13-16-5-9-18(24)10-6-16/h5-12,14-15,21H,4,13H2,1-3H3,(H,26,29). The third-order valence-electron chi connectivity index (χ3n) is 5.15. The number of aryl methyl sites for hydroxylation is 2. The maximum atomic E-state index is 12.9. The number of hydrogen-bond acceptors (Lipinski definition) is 2. The second kappa shape index (κ2) is 9.47. The highest BCUT2D eigenvalue weighted by Crippen LogP contribution is 2.27. The van der Waals surface area contributed by atoms with Crippen LogP contribution < -0.4 is 5.32 Å². The van der Waals surface area contributed by atoms with Crippen LogP contribution in [0.2, 0.25) is 10.0 Å². The van der Waals surface area contributed by atoms with Gasteiger partial charge in [-0.05, 0) is 61.2 Å². The van der Waals surface area contributed by atoms with Crippen molar-refractivity contribution in [3.63, 3.8) is 0 Å². The fourth-order valence-corrected chi connectivity index (χ4v) is 3.71. The fraction of sp³-hybridized carbons (Fsp3) is 0.304. The van der Waals surface area contributed by atoms with Crippen LogP contribution in [0.15, 0.2) is 54.6 Å². The summed E-state index contributed by atoms with van der Waals surface area (Å²) in [6, 6.07) is 17.4. The summed E-state index contributed by atoms with van der Waals surface area (Å²) < 4.78 is 1.64. The van der Waals surface area contributed by atoms with E-state index in [4.69, 9.17) is 23.2 Å². The molecule has 0 radical (unpaired) electrons. The zero-order valence-corrected chi connectivity index (χ0v) is 18.3. The number of halogens is 2. The van der Waals surface area contributed by atoms with Gasteiger partial charge in [0.05, 0.1) is 5.69 Å². The Morgan fingerprint density at radius 3 is 2.21 bits per heavy atom. The normalized spacial score (nSPS) is 13.1. The van der Waals surface area contributed by atoms with Gasteiger partial charge >= 0.3 is 0 Å². The maximum absolute atomic E-state index is 12.9. The Balaban J connectivity index is 1.83. The number of carbonyl (C=O) groups is 1. The molecule has 152 valence electrons. The molecule has 0 saturated carbocycles. The molecule has 2 unspecified atom stereocenters. The number of rotatable bonds is 7. The molecule has 2 atom stereocenters. The Morgan fingerprint density at radius 1 is 1.07 bits per heavy atom. The van der Waals surface area contributed by atoms with Gasteiger partial charge in [0.1, 0.15) is 5.69 Å². The predicted molar refractivity (Wildman–Crippen MR) is 119 cm³/mol. The number of nitrogens with zero attached hydrogens (tertiary/aromatic N) is 2. The second-order valence-electron chi connectivity index (χ2n) is 7.25. The molecule has 4 nitrogen and oxygen atoms in total. The molecule has 2 aromatic carbocycles. The molecule has 1 heterocycles. The van der Waals surface area contributed by atoms with Gasteiger partial charge in [-0.3, -0.25) is 9.48 Å². The van der Waals surface area contributed by atoms with Crippen molar-refractivity contribution in [3.8, 4) is 0 Å². The van der Waals surface area contributed by atoms with Crippen molar-refractivity contribution in [2.24, 2.45) is 7.05 Å². The molecule has 0 aliphatic carbocycles.